The molecule has 1 rings (SSSR count). The van der Waals surface area contributed by atoms with Crippen LogP contribution >= 0.6 is 0 Å². The Labute approximate surface area is 119 Å². The zero-order valence-electron chi connectivity index (χ0n) is 11.8. The van der Waals surface area contributed by atoms with Crippen LogP contribution < -0.4 is 0 Å². The molecule has 7 nitrogen and oxygen atoms in total. The van der Waals surface area contributed by atoms with Gasteiger partial charge in [0.2, 0.25) is 9.84 Å². The monoisotopic (exact) mass is 300 g/mol. The first-order chi connectivity index (χ1) is 9.46. The van der Waals surface area contributed by atoms with Gasteiger partial charge in [-0.05, 0) is 6.42 Å². The highest BCUT2D eigenvalue weighted by atomic mass is 32.2. The van der Waals surface area contributed by atoms with Crippen molar-refractivity contribution in [1.82, 2.24) is 19.7 Å². The Balaban J connectivity index is 2.92. The van der Waals surface area contributed by atoms with E-state index < -0.39 is 15.9 Å². The second-order valence-corrected chi connectivity index (χ2v) is 6.42. The summed E-state index contributed by atoms with van der Waals surface area (Å²) in [6.45, 7) is 8.09. The minimum atomic E-state index is -3.50. The molecule has 1 aromatic rings. The topological polar surface area (TPSA) is 85.2 Å². The van der Waals surface area contributed by atoms with Crippen molar-refractivity contribution < 1.29 is 13.2 Å². The first-order valence-electron chi connectivity index (χ1n) is 6.50. The maximum absolute atomic E-state index is 12.2. The van der Waals surface area contributed by atoms with Gasteiger partial charge in [-0.15, -0.1) is 11.7 Å². The SMILES string of the molecule is C=CCN(CCCC)C(=O)n1cnc(S(=O)(=O)CC)n1. The Morgan fingerprint density at radius 2 is 2.20 bits per heavy atom. The molecule has 1 aromatic heterocycles. The molecule has 0 aliphatic rings. The smallest absolute Gasteiger partial charge is 0.319 e. The lowest BCUT2D eigenvalue weighted by Crippen LogP contribution is -2.36. The average Bonchev–Trinajstić information content (AvgIpc) is 2.93. The Kier molecular flexibility index (Phi) is 5.87. The molecule has 1 amide bonds. The number of hydrogen-bond acceptors (Lipinski definition) is 5. The lowest BCUT2D eigenvalue weighted by Gasteiger charge is -2.19. The highest BCUT2D eigenvalue weighted by Gasteiger charge is 2.21. The van der Waals surface area contributed by atoms with Gasteiger partial charge < -0.3 is 4.90 Å². The fraction of sp³-hybridized carbons (Fsp3) is 0.583. The molecular formula is C12H20N4O3S. The summed E-state index contributed by atoms with van der Waals surface area (Å²) in [4.78, 5) is 17.5. The molecule has 1 heterocycles. The van der Waals surface area contributed by atoms with Gasteiger partial charge in [-0.2, -0.15) is 4.68 Å². The van der Waals surface area contributed by atoms with Gasteiger partial charge in [-0.3, -0.25) is 0 Å². The maximum atomic E-state index is 12.2. The minimum absolute atomic E-state index is 0.0998. The Morgan fingerprint density at radius 3 is 2.75 bits per heavy atom. The number of unbranched alkanes of at least 4 members (excludes halogenated alkanes) is 1. The summed E-state index contributed by atoms with van der Waals surface area (Å²) in [5.74, 6) is -0.0998. The molecule has 0 saturated carbocycles. The summed E-state index contributed by atoms with van der Waals surface area (Å²) in [6, 6.07) is -0.400. The van der Waals surface area contributed by atoms with E-state index in [0.29, 0.717) is 13.1 Å². The van der Waals surface area contributed by atoms with E-state index >= 15 is 0 Å². The number of carbonyl (C=O) groups excluding carboxylic acids is 1. The molecule has 0 aliphatic carbocycles. The second-order valence-electron chi connectivity index (χ2n) is 4.25. The molecule has 0 aromatic carbocycles. The average molecular weight is 300 g/mol. The molecule has 0 atom stereocenters. The van der Waals surface area contributed by atoms with Crippen LogP contribution in [-0.4, -0.2) is 53.0 Å². The summed E-state index contributed by atoms with van der Waals surface area (Å²) in [5, 5.41) is 3.44. The van der Waals surface area contributed by atoms with Gasteiger partial charge in [0.1, 0.15) is 6.33 Å². The first-order valence-corrected chi connectivity index (χ1v) is 8.16. The van der Waals surface area contributed by atoms with Crippen LogP contribution in [0.25, 0.3) is 0 Å². The molecular weight excluding hydrogens is 280 g/mol. The predicted molar refractivity (Wildman–Crippen MR) is 75.2 cm³/mol. The van der Waals surface area contributed by atoms with Crippen LogP contribution in [0.4, 0.5) is 4.79 Å². The number of carbonyl (C=O) groups is 1. The van der Waals surface area contributed by atoms with Gasteiger partial charge in [0.25, 0.3) is 5.16 Å². The van der Waals surface area contributed by atoms with E-state index in [1.54, 1.807) is 11.0 Å². The number of nitrogens with zero attached hydrogens (tertiary/aromatic N) is 4. The standard InChI is InChI=1S/C12H20N4O3S/c1-4-7-9-15(8-5-2)12(17)16-10-13-11(14-16)20(18,19)6-3/h5,10H,2,4,6-9H2,1,3H3. The largest absolute Gasteiger partial charge is 0.346 e. The van der Waals surface area contributed by atoms with E-state index in [1.165, 1.54) is 6.92 Å². The number of hydrogen-bond donors (Lipinski definition) is 0. The van der Waals surface area contributed by atoms with Crippen LogP contribution in [0.5, 0.6) is 0 Å². The molecule has 0 aliphatic heterocycles. The van der Waals surface area contributed by atoms with Crippen molar-refractivity contribution in [3.63, 3.8) is 0 Å². The molecule has 0 radical (unpaired) electrons. The van der Waals surface area contributed by atoms with Crippen molar-refractivity contribution in [2.24, 2.45) is 0 Å². The third-order valence-electron chi connectivity index (χ3n) is 2.73. The van der Waals surface area contributed by atoms with E-state index in [1.807, 2.05) is 6.92 Å². The lowest BCUT2D eigenvalue weighted by molar-refractivity contribution is 0.200. The highest BCUT2D eigenvalue weighted by molar-refractivity contribution is 7.91. The van der Waals surface area contributed by atoms with E-state index in [0.717, 1.165) is 23.9 Å². The molecule has 8 heteroatoms. The third kappa shape index (κ3) is 3.89. The normalized spacial score (nSPS) is 11.3. The van der Waals surface area contributed by atoms with Crippen molar-refractivity contribution in [2.75, 3.05) is 18.8 Å². The van der Waals surface area contributed by atoms with Crippen LogP contribution in [0.3, 0.4) is 0 Å². The number of rotatable bonds is 7. The number of sulfone groups is 1. The van der Waals surface area contributed by atoms with Crippen LogP contribution in [0, 0.1) is 0 Å². The molecule has 0 spiro atoms. The summed E-state index contributed by atoms with van der Waals surface area (Å²) in [5.41, 5.74) is 0. The van der Waals surface area contributed by atoms with Crippen LogP contribution in [-0.2, 0) is 9.84 Å². The molecule has 112 valence electrons. The first kappa shape index (κ1) is 16.4. The second kappa shape index (κ2) is 7.18. The molecule has 0 saturated heterocycles. The van der Waals surface area contributed by atoms with E-state index in [9.17, 15) is 13.2 Å². The molecule has 0 N–H and O–H groups in total. The summed E-state index contributed by atoms with van der Waals surface area (Å²) in [7, 11) is -3.50. The number of amides is 1. The Morgan fingerprint density at radius 1 is 1.50 bits per heavy atom. The van der Waals surface area contributed by atoms with E-state index in [-0.39, 0.29) is 10.9 Å². The third-order valence-corrected chi connectivity index (χ3v) is 4.23. The van der Waals surface area contributed by atoms with Crippen molar-refractivity contribution in [2.45, 2.75) is 31.8 Å². The summed E-state index contributed by atoms with van der Waals surface area (Å²) < 4.78 is 24.2. The zero-order chi connectivity index (χ0) is 15.2. The minimum Gasteiger partial charge on any atom is -0.319 e. The van der Waals surface area contributed by atoms with Gasteiger partial charge in [0.15, 0.2) is 0 Å². The van der Waals surface area contributed by atoms with E-state index in [2.05, 4.69) is 16.7 Å². The maximum Gasteiger partial charge on any atom is 0.346 e. The van der Waals surface area contributed by atoms with Crippen LogP contribution in [0.2, 0.25) is 0 Å². The number of aromatic nitrogens is 3. The van der Waals surface area contributed by atoms with Crippen molar-refractivity contribution in [3.8, 4) is 0 Å². The van der Waals surface area contributed by atoms with Crippen LogP contribution in [0.15, 0.2) is 24.1 Å². The summed E-state index contributed by atoms with van der Waals surface area (Å²) in [6.07, 6.45) is 4.56. The van der Waals surface area contributed by atoms with Gasteiger partial charge in [0, 0.05) is 13.1 Å². The lowest BCUT2D eigenvalue weighted by atomic mass is 10.3. The molecule has 0 bridgehead atoms. The zero-order valence-corrected chi connectivity index (χ0v) is 12.6. The molecule has 0 fully saturated rings. The Hall–Kier alpha value is -1.70. The van der Waals surface area contributed by atoms with Gasteiger partial charge in [-0.1, -0.05) is 26.3 Å². The predicted octanol–water partition coefficient (Wildman–Crippen LogP) is 1.33. The molecule has 20 heavy (non-hydrogen) atoms. The van der Waals surface area contributed by atoms with Crippen molar-refractivity contribution in [1.29, 1.82) is 0 Å². The van der Waals surface area contributed by atoms with Gasteiger partial charge in [-0.25, -0.2) is 18.2 Å². The van der Waals surface area contributed by atoms with Crippen molar-refractivity contribution in [3.05, 3.63) is 19.0 Å². The van der Waals surface area contributed by atoms with E-state index in [4.69, 9.17) is 0 Å². The summed E-state index contributed by atoms with van der Waals surface area (Å²) >= 11 is 0. The van der Waals surface area contributed by atoms with Crippen LogP contribution in [0.1, 0.15) is 26.7 Å². The van der Waals surface area contributed by atoms with Gasteiger partial charge in [0.05, 0.1) is 5.75 Å². The fourth-order valence-electron chi connectivity index (χ4n) is 1.53. The molecule has 0 unspecified atom stereocenters. The highest BCUT2D eigenvalue weighted by Crippen LogP contribution is 2.05. The van der Waals surface area contributed by atoms with Crippen molar-refractivity contribution >= 4 is 15.9 Å². The fourth-order valence-corrected chi connectivity index (χ4v) is 2.20. The Bertz CT molecular complexity index is 565. The quantitative estimate of drug-likeness (QED) is 0.709. The van der Waals surface area contributed by atoms with Gasteiger partial charge >= 0.3 is 6.03 Å².